The minimum atomic E-state index is -0.160. The molecule has 0 fully saturated rings. The van der Waals surface area contributed by atoms with E-state index in [0.29, 0.717) is 0 Å². The average molecular weight is 778 g/mol. The highest BCUT2D eigenvalue weighted by atomic mass is 16.3. The second-order valence-corrected chi connectivity index (χ2v) is 17.2. The van der Waals surface area contributed by atoms with Crippen molar-refractivity contribution in [2.24, 2.45) is 0 Å². The van der Waals surface area contributed by atoms with Crippen LogP contribution in [-0.2, 0) is 5.41 Å². The highest BCUT2D eigenvalue weighted by molar-refractivity contribution is 6.27. The monoisotopic (exact) mass is 777 g/mol. The Labute approximate surface area is 353 Å². The molecule has 286 valence electrons. The molecule has 0 spiro atoms. The van der Waals surface area contributed by atoms with Gasteiger partial charge >= 0.3 is 0 Å². The van der Waals surface area contributed by atoms with Crippen LogP contribution in [0.15, 0.2) is 205 Å². The molecule has 0 bridgehead atoms. The van der Waals surface area contributed by atoms with E-state index in [2.05, 4.69) is 219 Å². The summed E-state index contributed by atoms with van der Waals surface area (Å²) in [6.45, 7) is 4.73. The molecule has 1 aliphatic rings. The molecule has 13 rings (SSSR count). The summed E-state index contributed by atoms with van der Waals surface area (Å²) < 4.78 is 7.16. The first-order valence-electron chi connectivity index (χ1n) is 21.3. The van der Waals surface area contributed by atoms with E-state index in [0.717, 1.165) is 44.6 Å². The summed E-state index contributed by atoms with van der Waals surface area (Å²) in [7, 11) is 0. The van der Waals surface area contributed by atoms with Gasteiger partial charge in [0.25, 0.3) is 0 Å². The predicted octanol–water partition coefficient (Wildman–Crippen LogP) is 16.8. The summed E-state index contributed by atoms with van der Waals surface area (Å²) in [5.74, 6) is 0. The maximum Gasteiger partial charge on any atom is 0.143 e. The minimum Gasteiger partial charge on any atom is -0.455 e. The van der Waals surface area contributed by atoms with E-state index in [-0.39, 0.29) is 5.41 Å². The summed E-state index contributed by atoms with van der Waals surface area (Å²) in [5, 5.41) is 14.5. The fourth-order valence-electron chi connectivity index (χ4n) is 10.8. The van der Waals surface area contributed by atoms with E-state index in [9.17, 15) is 0 Å². The number of hydrogen-bond donors (Lipinski definition) is 0. The molecule has 61 heavy (non-hydrogen) atoms. The number of hydrogen-bond acceptors (Lipinski definition) is 2. The largest absolute Gasteiger partial charge is 0.455 e. The van der Waals surface area contributed by atoms with Crippen molar-refractivity contribution >= 4 is 92.9 Å². The molecule has 0 unspecified atom stereocenters. The van der Waals surface area contributed by atoms with Crippen molar-refractivity contribution in [3.8, 4) is 22.3 Å². The highest BCUT2D eigenvalue weighted by Crippen LogP contribution is 2.53. The van der Waals surface area contributed by atoms with Crippen LogP contribution in [0.4, 0.5) is 17.1 Å². The first-order valence-corrected chi connectivity index (χ1v) is 21.3. The Morgan fingerprint density at radius 3 is 1.72 bits per heavy atom. The number of furan rings is 1. The van der Waals surface area contributed by atoms with Crippen LogP contribution >= 0.6 is 0 Å². The molecule has 1 aliphatic carbocycles. The van der Waals surface area contributed by atoms with E-state index in [1.165, 1.54) is 81.7 Å². The molecule has 2 heteroatoms. The normalized spacial score (nSPS) is 13.2. The van der Waals surface area contributed by atoms with E-state index < -0.39 is 0 Å². The van der Waals surface area contributed by atoms with Gasteiger partial charge in [0.1, 0.15) is 11.2 Å². The summed E-state index contributed by atoms with van der Waals surface area (Å²) in [5.41, 5.74) is 12.5. The topological polar surface area (TPSA) is 16.4 Å². The van der Waals surface area contributed by atoms with E-state index >= 15 is 0 Å². The lowest BCUT2D eigenvalue weighted by Gasteiger charge is -2.29. The average Bonchev–Trinajstić information content (AvgIpc) is 3.80. The van der Waals surface area contributed by atoms with Gasteiger partial charge in [-0.15, -0.1) is 0 Å². The number of rotatable bonds is 4. The van der Waals surface area contributed by atoms with Gasteiger partial charge in [-0.2, -0.15) is 0 Å². The smallest absolute Gasteiger partial charge is 0.143 e. The van der Waals surface area contributed by atoms with Gasteiger partial charge in [0.2, 0.25) is 0 Å². The first-order chi connectivity index (χ1) is 30.0. The summed E-state index contributed by atoms with van der Waals surface area (Å²) in [6.07, 6.45) is 0. The molecule has 1 heterocycles. The van der Waals surface area contributed by atoms with Crippen LogP contribution in [0.1, 0.15) is 25.0 Å². The fourth-order valence-corrected chi connectivity index (χ4v) is 10.8. The predicted molar refractivity (Wildman–Crippen MR) is 259 cm³/mol. The van der Waals surface area contributed by atoms with E-state index in [1.54, 1.807) is 0 Å². The van der Waals surface area contributed by atoms with Crippen LogP contribution in [0.3, 0.4) is 0 Å². The summed E-state index contributed by atoms with van der Waals surface area (Å²) in [4.78, 5) is 2.48. The molecule has 0 saturated carbocycles. The molecule has 0 amide bonds. The fraction of sp³-hybridized carbons (Fsp3) is 0.0508. The maximum atomic E-state index is 7.16. The minimum absolute atomic E-state index is 0.160. The summed E-state index contributed by atoms with van der Waals surface area (Å²) >= 11 is 0. The Bertz CT molecular complexity index is 3770. The Balaban J connectivity index is 1.13. The molecule has 0 saturated heterocycles. The summed E-state index contributed by atoms with van der Waals surface area (Å²) in [6, 6.07) is 73.7. The first kappa shape index (κ1) is 34.2. The van der Waals surface area contributed by atoms with Gasteiger partial charge in [-0.1, -0.05) is 172 Å². The number of nitrogens with zero attached hydrogens (tertiary/aromatic N) is 1. The van der Waals surface area contributed by atoms with Gasteiger partial charge in [0.15, 0.2) is 0 Å². The molecule has 0 atom stereocenters. The van der Waals surface area contributed by atoms with Gasteiger partial charge < -0.3 is 9.32 Å². The molecule has 0 aliphatic heterocycles. The molecule has 2 nitrogen and oxygen atoms in total. The molecule has 0 radical (unpaired) electrons. The van der Waals surface area contributed by atoms with Crippen LogP contribution in [0, 0.1) is 0 Å². The van der Waals surface area contributed by atoms with Crippen molar-refractivity contribution in [1.82, 2.24) is 0 Å². The van der Waals surface area contributed by atoms with Crippen molar-refractivity contribution in [2.45, 2.75) is 19.3 Å². The lowest BCUT2D eigenvalue weighted by atomic mass is 9.82. The van der Waals surface area contributed by atoms with Crippen molar-refractivity contribution in [3.63, 3.8) is 0 Å². The molecule has 11 aromatic carbocycles. The Morgan fingerprint density at radius 1 is 0.377 bits per heavy atom. The lowest BCUT2D eigenvalue weighted by Crippen LogP contribution is -2.16. The van der Waals surface area contributed by atoms with E-state index in [4.69, 9.17) is 4.42 Å². The van der Waals surface area contributed by atoms with Crippen LogP contribution in [0.5, 0.6) is 0 Å². The molecule has 0 N–H and O–H groups in total. The third-order valence-corrected chi connectivity index (χ3v) is 13.6. The molecular formula is C59H39NO. The van der Waals surface area contributed by atoms with Gasteiger partial charge in [0.05, 0.1) is 11.1 Å². The van der Waals surface area contributed by atoms with Crippen LogP contribution < -0.4 is 4.90 Å². The third-order valence-electron chi connectivity index (χ3n) is 13.6. The number of anilines is 3. The van der Waals surface area contributed by atoms with Gasteiger partial charge in [0, 0.05) is 27.7 Å². The van der Waals surface area contributed by atoms with Gasteiger partial charge in [-0.25, -0.2) is 0 Å². The zero-order valence-corrected chi connectivity index (χ0v) is 33.9. The molecule has 12 aromatic rings. The van der Waals surface area contributed by atoms with Crippen molar-refractivity contribution in [2.75, 3.05) is 4.90 Å². The quantitative estimate of drug-likeness (QED) is 0.166. The highest BCUT2D eigenvalue weighted by Gasteiger charge is 2.36. The van der Waals surface area contributed by atoms with Gasteiger partial charge in [-0.05, 0) is 124 Å². The molecular weight excluding hydrogens is 739 g/mol. The zero-order chi connectivity index (χ0) is 40.4. The Kier molecular flexibility index (Phi) is 7.10. The zero-order valence-electron chi connectivity index (χ0n) is 33.9. The second-order valence-electron chi connectivity index (χ2n) is 17.2. The van der Waals surface area contributed by atoms with Crippen LogP contribution in [0.2, 0.25) is 0 Å². The Hall–Kier alpha value is -7.68. The Morgan fingerprint density at radius 2 is 0.934 bits per heavy atom. The second kappa shape index (κ2) is 12.7. The van der Waals surface area contributed by atoms with Crippen LogP contribution in [0.25, 0.3) is 98.1 Å². The number of fused-ring (bicyclic) bond motifs is 14. The number of benzene rings is 11. The van der Waals surface area contributed by atoms with Crippen molar-refractivity contribution in [1.29, 1.82) is 0 Å². The van der Waals surface area contributed by atoms with E-state index in [1.807, 2.05) is 0 Å². The maximum absolute atomic E-state index is 7.16. The van der Waals surface area contributed by atoms with Crippen molar-refractivity contribution < 1.29 is 4.42 Å². The molecule has 1 aromatic heterocycles. The van der Waals surface area contributed by atoms with Crippen LogP contribution in [-0.4, -0.2) is 0 Å². The lowest BCUT2D eigenvalue weighted by molar-refractivity contribution is 0.660. The third kappa shape index (κ3) is 4.85. The SMILES string of the molecule is CC1(C)c2ccccc2-c2ccc(N(c3ccc4c5ccccc5c5ccccc5c4c3)c3cccc4oc5c(-c6cccc7ccccc67)c6ccccc6cc5c34)cc21. The standard InChI is InChI=1S/C59H39NO/c1-59(2)52-26-12-11-24-47(52)48-32-30-39(35-53(48)59)60(38-29-31-46-44-22-8-7-20-42(44)43-21-9-10-23-45(43)50(46)34-38)54-27-14-28-55-57(54)51-33-37-16-4-6-19-41(37)56(58(51)61-55)49-25-13-17-36-15-3-5-18-40(36)49/h3-35H,1-2H3. The van der Waals surface area contributed by atoms with Gasteiger partial charge in [-0.3, -0.25) is 0 Å². The van der Waals surface area contributed by atoms with Crippen molar-refractivity contribution in [3.05, 3.63) is 211 Å².